The van der Waals surface area contributed by atoms with Crippen LogP contribution in [0.2, 0.25) is 0 Å². The van der Waals surface area contributed by atoms with E-state index in [0.717, 1.165) is 15.6 Å². The summed E-state index contributed by atoms with van der Waals surface area (Å²) in [6, 6.07) is 13.0. The van der Waals surface area contributed by atoms with E-state index in [2.05, 4.69) is 21.2 Å². The molecule has 104 valence electrons. The summed E-state index contributed by atoms with van der Waals surface area (Å²) >= 11 is 3.43. The Morgan fingerprint density at radius 1 is 1.25 bits per heavy atom. The van der Waals surface area contributed by atoms with Crippen LogP contribution in [0.3, 0.4) is 0 Å². The van der Waals surface area contributed by atoms with Gasteiger partial charge in [0.25, 0.3) is 5.91 Å². The number of carbonyl (C=O) groups excluding carboxylic acids is 1. The molecule has 3 nitrogen and oxygen atoms in total. The number of benzene rings is 2. The standard InChI is InChI=1S/C16H17BrN2O/c1-10-9-12(7-8-14(10)17)16(20)19-11(2)13-5-3-4-6-15(13)18/h3-9,11H,18H2,1-2H3,(H,19,20). The van der Waals surface area contributed by atoms with Gasteiger partial charge in [-0.15, -0.1) is 0 Å². The van der Waals surface area contributed by atoms with Crippen LogP contribution < -0.4 is 11.1 Å². The lowest BCUT2D eigenvalue weighted by molar-refractivity contribution is 0.0940. The second-order valence-corrected chi connectivity index (χ2v) is 5.64. The number of nitrogen functional groups attached to an aromatic ring is 1. The number of nitrogens with two attached hydrogens (primary N) is 1. The summed E-state index contributed by atoms with van der Waals surface area (Å²) < 4.78 is 0.995. The Kier molecular flexibility index (Phi) is 4.45. The van der Waals surface area contributed by atoms with Crippen molar-refractivity contribution in [3.05, 3.63) is 63.6 Å². The van der Waals surface area contributed by atoms with Crippen LogP contribution >= 0.6 is 15.9 Å². The van der Waals surface area contributed by atoms with E-state index >= 15 is 0 Å². The molecule has 3 N–H and O–H groups in total. The van der Waals surface area contributed by atoms with E-state index < -0.39 is 0 Å². The molecule has 0 aliphatic rings. The second kappa shape index (κ2) is 6.09. The van der Waals surface area contributed by atoms with Gasteiger partial charge in [0.05, 0.1) is 6.04 Å². The molecule has 0 saturated carbocycles. The number of halogens is 1. The summed E-state index contributed by atoms with van der Waals surface area (Å²) in [5.41, 5.74) is 9.21. The van der Waals surface area contributed by atoms with Crippen LogP contribution in [-0.4, -0.2) is 5.91 Å². The zero-order valence-electron chi connectivity index (χ0n) is 11.5. The van der Waals surface area contributed by atoms with Crippen molar-refractivity contribution in [2.75, 3.05) is 5.73 Å². The number of aryl methyl sites for hydroxylation is 1. The molecular weight excluding hydrogens is 316 g/mol. The Hall–Kier alpha value is -1.81. The lowest BCUT2D eigenvalue weighted by atomic mass is 10.1. The van der Waals surface area contributed by atoms with Crippen molar-refractivity contribution in [3.8, 4) is 0 Å². The van der Waals surface area contributed by atoms with Gasteiger partial charge in [0.1, 0.15) is 0 Å². The molecule has 0 spiro atoms. The first kappa shape index (κ1) is 14.6. The van der Waals surface area contributed by atoms with Crippen LogP contribution in [0, 0.1) is 6.92 Å². The Balaban J connectivity index is 2.15. The number of carbonyl (C=O) groups is 1. The molecule has 2 aromatic rings. The minimum absolute atomic E-state index is 0.101. The summed E-state index contributed by atoms with van der Waals surface area (Å²) in [6.07, 6.45) is 0. The number of anilines is 1. The van der Waals surface area contributed by atoms with Crippen LogP contribution in [0.1, 0.15) is 34.5 Å². The van der Waals surface area contributed by atoms with E-state index in [1.807, 2.05) is 50.2 Å². The molecular formula is C16H17BrN2O. The first-order valence-corrected chi connectivity index (χ1v) is 7.19. The van der Waals surface area contributed by atoms with Gasteiger partial charge < -0.3 is 11.1 Å². The molecule has 0 saturated heterocycles. The van der Waals surface area contributed by atoms with Gasteiger partial charge in [0.15, 0.2) is 0 Å². The van der Waals surface area contributed by atoms with Gasteiger partial charge in [0, 0.05) is 15.7 Å². The molecule has 0 aromatic heterocycles. The van der Waals surface area contributed by atoms with Crippen LogP contribution in [0.5, 0.6) is 0 Å². The fourth-order valence-electron chi connectivity index (χ4n) is 2.05. The van der Waals surface area contributed by atoms with Crippen molar-refractivity contribution in [1.82, 2.24) is 5.32 Å². The van der Waals surface area contributed by atoms with Crippen molar-refractivity contribution < 1.29 is 4.79 Å². The number of para-hydroxylation sites is 1. The summed E-state index contributed by atoms with van der Waals surface area (Å²) in [5.74, 6) is -0.101. The zero-order chi connectivity index (χ0) is 14.7. The average Bonchev–Trinajstić information content (AvgIpc) is 2.42. The molecule has 1 atom stereocenters. The van der Waals surface area contributed by atoms with Crippen molar-refractivity contribution in [2.45, 2.75) is 19.9 Å². The molecule has 0 aliphatic heterocycles. The first-order chi connectivity index (χ1) is 9.49. The maximum atomic E-state index is 12.2. The van der Waals surface area contributed by atoms with Crippen molar-refractivity contribution in [2.24, 2.45) is 0 Å². The van der Waals surface area contributed by atoms with Crippen molar-refractivity contribution >= 4 is 27.5 Å². The third kappa shape index (κ3) is 3.20. The van der Waals surface area contributed by atoms with Gasteiger partial charge in [-0.25, -0.2) is 0 Å². The molecule has 0 fully saturated rings. The van der Waals surface area contributed by atoms with Crippen LogP contribution in [0.4, 0.5) is 5.69 Å². The Morgan fingerprint density at radius 2 is 1.95 bits per heavy atom. The van der Waals surface area contributed by atoms with Crippen LogP contribution in [-0.2, 0) is 0 Å². The maximum Gasteiger partial charge on any atom is 0.251 e. The van der Waals surface area contributed by atoms with Crippen molar-refractivity contribution in [1.29, 1.82) is 0 Å². The molecule has 1 amide bonds. The molecule has 20 heavy (non-hydrogen) atoms. The fraction of sp³-hybridized carbons (Fsp3) is 0.188. The number of hydrogen-bond donors (Lipinski definition) is 2. The smallest absolute Gasteiger partial charge is 0.251 e. The van der Waals surface area contributed by atoms with Gasteiger partial charge >= 0.3 is 0 Å². The molecule has 2 aromatic carbocycles. The largest absolute Gasteiger partial charge is 0.398 e. The molecule has 4 heteroatoms. The molecule has 0 heterocycles. The second-order valence-electron chi connectivity index (χ2n) is 4.79. The Bertz CT molecular complexity index is 640. The average molecular weight is 333 g/mol. The lowest BCUT2D eigenvalue weighted by Gasteiger charge is -2.16. The fourth-order valence-corrected chi connectivity index (χ4v) is 2.30. The predicted molar refractivity (Wildman–Crippen MR) is 85.6 cm³/mol. The SMILES string of the molecule is Cc1cc(C(=O)NC(C)c2ccccc2N)ccc1Br. The summed E-state index contributed by atoms with van der Waals surface area (Å²) in [4.78, 5) is 12.2. The third-order valence-electron chi connectivity index (χ3n) is 3.23. The van der Waals surface area contributed by atoms with E-state index in [0.29, 0.717) is 11.3 Å². The quantitative estimate of drug-likeness (QED) is 0.839. The number of amides is 1. The molecule has 2 rings (SSSR count). The Morgan fingerprint density at radius 3 is 2.60 bits per heavy atom. The topological polar surface area (TPSA) is 55.1 Å². The molecule has 0 bridgehead atoms. The van der Waals surface area contributed by atoms with Crippen LogP contribution in [0.15, 0.2) is 46.9 Å². The number of hydrogen-bond acceptors (Lipinski definition) is 2. The van der Waals surface area contributed by atoms with Gasteiger partial charge in [-0.05, 0) is 49.2 Å². The van der Waals surface area contributed by atoms with E-state index in [1.54, 1.807) is 6.07 Å². The Labute approximate surface area is 127 Å². The highest BCUT2D eigenvalue weighted by molar-refractivity contribution is 9.10. The number of nitrogens with one attached hydrogen (secondary N) is 1. The first-order valence-electron chi connectivity index (χ1n) is 6.40. The van der Waals surface area contributed by atoms with Gasteiger partial charge in [-0.1, -0.05) is 34.1 Å². The third-order valence-corrected chi connectivity index (χ3v) is 4.12. The van der Waals surface area contributed by atoms with Gasteiger partial charge in [-0.3, -0.25) is 4.79 Å². The maximum absolute atomic E-state index is 12.2. The van der Waals surface area contributed by atoms with Gasteiger partial charge in [-0.2, -0.15) is 0 Å². The van der Waals surface area contributed by atoms with Crippen molar-refractivity contribution in [3.63, 3.8) is 0 Å². The van der Waals surface area contributed by atoms with Crippen LogP contribution in [0.25, 0.3) is 0 Å². The minimum atomic E-state index is -0.132. The summed E-state index contributed by atoms with van der Waals surface area (Å²) in [5, 5.41) is 2.97. The normalized spacial score (nSPS) is 11.9. The van der Waals surface area contributed by atoms with Gasteiger partial charge in [0.2, 0.25) is 0 Å². The highest BCUT2D eigenvalue weighted by Crippen LogP contribution is 2.21. The summed E-state index contributed by atoms with van der Waals surface area (Å²) in [6.45, 7) is 3.88. The summed E-state index contributed by atoms with van der Waals surface area (Å²) in [7, 11) is 0. The zero-order valence-corrected chi connectivity index (χ0v) is 13.1. The predicted octanol–water partition coefficient (Wildman–Crippen LogP) is 3.83. The highest BCUT2D eigenvalue weighted by atomic mass is 79.9. The highest BCUT2D eigenvalue weighted by Gasteiger charge is 2.13. The van der Waals surface area contributed by atoms with E-state index in [1.165, 1.54) is 0 Å². The molecule has 0 radical (unpaired) electrons. The van der Waals surface area contributed by atoms with E-state index in [9.17, 15) is 4.79 Å². The monoisotopic (exact) mass is 332 g/mol. The lowest BCUT2D eigenvalue weighted by Crippen LogP contribution is -2.27. The number of rotatable bonds is 3. The van der Waals surface area contributed by atoms with E-state index in [-0.39, 0.29) is 11.9 Å². The van der Waals surface area contributed by atoms with E-state index in [4.69, 9.17) is 5.73 Å². The molecule has 0 aliphatic carbocycles. The molecule has 1 unspecified atom stereocenters. The minimum Gasteiger partial charge on any atom is -0.398 e.